The molecule has 4 rings (SSSR count). The molecule has 154 valence electrons. The molecule has 0 heterocycles. The highest BCUT2D eigenvalue weighted by molar-refractivity contribution is 7.24. The second-order valence-corrected chi connectivity index (χ2v) is 12.2. The van der Waals surface area contributed by atoms with E-state index in [0.717, 1.165) is 42.9 Å². The Morgan fingerprint density at radius 1 is 1.07 bits per heavy atom. The molecule has 4 saturated carbocycles. The zero-order valence-corrected chi connectivity index (χ0v) is 18.9. The van der Waals surface area contributed by atoms with Crippen LogP contribution in [0.1, 0.15) is 91.9 Å². The molecule has 27 heavy (non-hydrogen) atoms. The maximum atomic E-state index is 11.5. The summed E-state index contributed by atoms with van der Waals surface area (Å²) in [5.41, 5.74) is 0.910. The van der Waals surface area contributed by atoms with Crippen molar-refractivity contribution in [2.24, 2.45) is 46.3 Å². The van der Waals surface area contributed by atoms with E-state index in [1.807, 2.05) is 0 Å². The van der Waals surface area contributed by atoms with Gasteiger partial charge in [0, 0.05) is 5.66 Å². The summed E-state index contributed by atoms with van der Waals surface area (Å²) >= 11 is 0. The molecular formula is C24H41O2P. The minimum Gasteiger partial charge on any atom is -0.393 e. The lowest BCUT2D eigenvalue weighted by Crippen LogP contribution is -2.58. The first-order valence-electron chi connectivity index (χ1n) is 11.9. The van der Waals surface area contributed by atoms with Crippen molar-refractivity contribution >= 4 is 8.46 Å². The Kier molecular flexibility index (Phi) is 5.57. The molecule has 5 unspecified atom stereocenters. The van der Waals surface area contributed by atoms with Gasteiger partial charge in [-0.3, -0.25) is 4.57 Å². The van der Waals surface area contributed by atoms with E-state index in [9.17, 15) is 9.67 Å². The predicted molar refractivity (Wildman–Crippen MR) is 112 cm³/mol. The fourth-order valence-electron chi connectivity index (χ4n) is 8.91. The number of aliphatic hydroxyl groups excluding tert-OH is 1. The first-order chi connectivity index (χ1) is 12.9. The first-order valence-corrected chi connectivity index (χ1v) is 12.7. The van der Waals surface area contributed by atoms with Gasteiger partial charge in [-0.1, -0.05) is 40.5 Å². The fraction of sp³-hybridized carbons (Fsp3) is 1.00. The van der Waals surface area contributed by atoms with Crippen LogP contribution in [0.15, 0.2) is 0 Å². The van der Waals surface area contributed by atoms with Crippen LogP contribution in [-0.4, -0.2) is 16.9 Å². The summed E-state index contributed by atoms with van der Waals surface area (Å²) in [5.74, 6) is 4.41. The van der Waals surface area contributed by atoms with Crippen LogP contribution in [0.25, 0.3) is 0 Å². The molecule has 1 N–H and O–H groups in total. The van der Waals surface area contributed by atoms with E-state index in [2.05, 4.69) is 27.7 Å². The van der Waals surface area contributed by atoms with Crippen LogP contribution in [0.2, 0.25) is 0 Å². The summed E-state index contributed by atoms with van der Waals surface area (Å²) < 4.78 is 11.5. The molecule has 10 atom stereocenters. The average Bonchev–Trinajstić information content (AvgIpc) is 3.01. The zero-order chi connectivity index (χ0) is 19.4. The maximum absolute atomic E-state index is 11.5. The van der Waals surface area contributed by atoms with E-state index in [-0.39, 0.29) is 11.5 Å². The molecule has 0 saturated heterocycles. The van der Waals surface area contributed by atoms with Gasteiger partial charge in [0.2, 0.25) is 0 Å². The Morgan fingerprint density at radius 3 is 2.56 bits per heavy atom. The quantitative estimate of drug-likeness (QED) is 0.540. The van der Waals surface area contributed by atoms with Gasteiger partial charge < -0.3 is 5.11 Å². The lowest BCUT2D eigenvalue weighted by molar-refractivity contribution is -0.167. The molecule has 4 aliphatic rings. The van der Waals surface area contributed by atoms with Gasteiger partial charge in [0.15, 0.2) is 8.46 Å². The Balaban J connectivity index is 1.60. The predicted octanol–water partition coefficient (Wildman–Crippen LogP) is 6.71. The largest absolute Gasteiger partial charge is 0.393 e. The Hall–Kier alpha value is 0.0600. The first kappa shape index (κ1) is 20.3. The molecule has 2 nitrogen and oxygen atoms in total. The van der Waals surface area contributed by atoms with Crippen molar-refractivity contribution in [3.63, 3.8) is 0 Å². The van der Waals surface area contributed by atoms with Gasteiger partial charge in [0.1, 0.15) is 0 Å². The number of fused-ring (bicyclic) bond motifs is 5. The summed E-state index contributed by atoms with van der Waals surface area (Å²) in [6.45, 7) is 9.75. The highest BCUT2D eigenvalue weighted by Gasteiger charge is 2.63. The Bertz CT molecular complexity index is 565. The number of rotatable bonds is 4. The monoisotopic (exact) mass is 392 g/mol. The number of hydrogen-bond acceptors (Lipinski definition) is 2. The highest BCUT2D eigenvalue weighted by Crippen LogP contribution is 2.68. The summed E-state index contributed by atoms with van der Waals surface area (Å²) in [7, 11) is 0.369. The minimum absolute atomic E-state index is 0.124. The lowest BCUT2D eigenvalue weighted by Gasteiger charge is -2.62. The second-order valence-electron chi connectivity index (χ2n) is 11.3. The molecule has 0 aromatic rings. The van der Waals surface area contributed by atoms with Crippen molar-refractivity contribution in [1.82, 2.24) is 0 Å². The van der Waals surface area contributed by atoms with Crippen LogP contribution in [0.4, 0.5) is 0 Å². The average molecular weight is 393 g/mol. The van der Waals surface area contributed by atoms with E-state index in [1.54, 1.807) is 0 Å². The number of hydrogen-bond donors (Lipinski definition) is 1. The van der Waals surface area contributed by atoms with Crippen LogP contribution in [-0.2, 0) is 4.57 Å². The SMILES string of the molecule is CCC[C@@H](C)[C@H]1CCC2C3CCC4C[C@H](P=O)CC[C@]4(C)C3CC(O)[C@@]21C. The molecule has 4 fully saturated rings. The molecule has 0 aromatic heterocycles. The molecule has 0 radical (unpaired) electrons. The summed E-state index contributed by atoms with van der Waals surface area (Å²) in [4.78, 5) is 0. The van der Waals surface area contributed by atoms with Crippen LogP contribution >= 0.6 is 8.46 Å². The van der Waals surface area contributed by atoms with Crippen molar-refractivity contribution in [2.75, 3.05) is 0 Å². The van der Waals surface area contributed by atoms with Crippen molar-refractivity contribution in [1.29, 1.82) is 0 Å². The molecule has 0 spiro atoms. The van der Waals surface area contributed by atoms with Crippen molar-refractivity contribution in [3.8, 4) is 0 Å². The smallest absolute Gasteiger partial charge is 0.158 e. The van der Waals surface area contributed by atoms with Crippen molar-refractivity contribution in [3.05, 3.63) is 0 Å². The lowest BCUT2D eigenvalue weighted by atomic mass is 9.44. The van der Waals surface area contributed by atoms with E-state index >= 15 is 0 Å². The van der Waals surface area contributed by atoms with Gasteiger partial charge in [-0.25, -0.2) is 0 Å². The topological polar surface area (TPSA) is 37.3 Å². The zero-order valence-electron chi connectivity index (χ0n) is 18.0. The normalized spacial score (nSPS) is 53.4. The maximum Gasteiger partial charge on any atom is 0.158 e. The van der Waals surface area contributed by atoms with Gasteiger partial charge in [-0.2, -0.15) is 0 Å². The van der Waals surface area contributed by atoms with E-state index in [4.69, 9.17) is 0 Å². The molecular weight excluding hydrogens is 351 g/mol. The third-order valence-electron chi connectivity index (χ3n) is 10.4. The molecule has 3 heteroatoms. The van der Waals surface area contributed by atoms with Crippen LogP contribution in [0.3, 0.4) is 0 Å². The molecule has 0 aromatic carbocycles. The van der Waals surface area contributed by atoms with E-state index in [1.165, 1.54) is 44.9 Å². The van der Waals surface area contributed by atoms with Gasteiger partial charge >= 0.3 is 0 Å². The standard InChI is InChI=1S/C24H41O2P/c1-5-6-15(2)19-9-10-20-18-8-7-16-13-17(27-26)11-12-23(16,3)21(18)14-22(25)24(19,20)4/h15-22,25H,5-14H2,1-4H3/t15-,16?,17-,18?,19-,20?,21?,22?,23+,24-/m1/s1. The van der Waals surface area contributed by atoms with E-state index < -0.39 is 0 Å². The molecule has 4 aliphatic carbocycles. The molecule has 0 amide bonds. The van der Waals surface area contributed by atoms with Crippen LogP contribution in [0.5, 0.6) is 0 Å². The molecule has 0 aliphatic heterocycles. The third kappa shape index (κ3) is 2.99. The molecule has 0 bridgehead atoms. The Labute approximate surface area is 168 Å². The highest BCUT2D eigenvalue weighted by atomic mass is 31.1. The fourth-order valence-corrected chi connectivity index (χ4v) is 9.49. The van der Waals surface area contributed by atoms with Gasteiger partial charge in [-0.05, 0) is 97.7 Å². The summed E-state index contributed by atoms with van der Waals surface area (Å²) in [5, 5.41) is 11.5. The van der Waals surface area contributed by atoms with Crippen LogP contribution < -0.4 is 0 Å². The third-order valence-corrected chi connectivity index (χ3v) is 11.2. The van der Waals surface area contributed by atoms with Gasteiger partial charge in [0.05, 0.1) is 6.10 Å². The van der Waals surface area contributed by atoms with Crippen molar-refractivity contribution < 1.29 is 9.67 Å². The minimum atomic E-state index is -0.124. The second kappa shape index (κ2) is 7.39. The summed E-state index contributed by atoms with van der Waals surface area (Å²) in [6.07, 6.45) is 12.3. The Morgan fingerprint density at radius 2 is 1.85 bits per heavy atom. The van der Waals surface area contributed by atoms with Gasteiger partial charge in [0.25, 0.3) is 0 Å². The van der Waals surface area contributed by atoms with Crippen molar-refractivity contribution in [2.45, 2.75) is 104 Å². The van der Waals surface area contributed by atoms with E-state index in [0.29, 0.717) is 31.4 Å². The van der Waals surface area contributed by atoms with Crippen LogP contribution in [0, 0.1) is 46.3 Å². The van der Waals surface area contributed by atoms with Gasteiger partial charge in [-0.15, -0.1) is 0 Å². The summed E-state index contributed by atoms with van der Waals surface area (Å²) in [6, 6.07) is 0. The number of aliphatic hydroxyl groups is 1.